The van der Waals surface area contributed by atoms with Crippen molar-refractivity contribution in [2.75, 3.05) is 32.2 Å². The quantitative estimate of drug-likeness (QED) is 0.540. The van der Waals surface area contributed by atoms with E-state index in [9.17, 15) is 4.79 Å². The van der Waals surface area contributed by atoms with Crippen LogP contribution in [0.2, 0.25) is 5.02 Å². The lowest BCUT2D eigenvalue weighted by molar-refractivity contribution is -0.126. The second-order valence-corrected chi connectivity index (χ2v) is 6.81. The lowest BCUT2D eigenvalue weighted by Crippen LogP contribution is -2.54. The van der Waals surface area contributed by atoms with Crippen molar-refractivity contribution in [2.24, 2.45) is 10.7 Å². The number of hydrogen-bond donors (Lipinski definition) is 1. The Hall–Kier alpha value is -1.93. The summed E-state index contributed by atoms with van der Waals surface area (Å²) >= 11 is 9.71. The highest BCUT2D eigenvalue weighted by Gasteiger charge is 2.39. The molecule has 1 amide bonds. The first kappa shape index (κ1) is 18.8. The first-order valence-corrected chi connectivity index (χ1v) is 9.78. The summed E-state index contributed by atoms with van der Waals surface area (Å²) in [6.45, 7) is 4.26. The lowest BCUT2D eigenvalue weighted by Gasteiger charge is -2.38. The van der Waals surface area contributed by atoms with Gasteiger partial charge in [-0.1, -0.05) is 33.6 Å². The molecule has 0 unspecified atom stereocenters. The third-order valence-corrected chi connectivity index (χ3v) is 5.31. The normalized spacial score (nSPS) is 16.8. The summed E-state index contributed by atoms with van der Waals surface area (Å²) < 4.78 is 5.19. The summed E-state index contributed by atoms with van der Waals surface area (Å²) in [6, 6.07) is 5.57. The number of rotatable bonds is 6. The summed E-state index contributed by atoms with van der Waals surface area (Å²) in [7, 11) is 1.58. The number of ether oxygens (including phenoxy) is 1. The molecule has 2 heterocycles. The maximum absolute atomic E-state index is 13.0. The Morgan fingerprint density at radius 1 is 1.46 bits per heavy atom. The number of halogens is 2. The van der Waals surface area contributed by atoms with E-state index in [0.29, 0.717) is 59.9 Å². The number of benzene rings is 1. The van der Waals surface area contributed by atoms with Gasteiger partial charge in [0.05, 0.1) is 24.1 Å². The Morgan fingerprint density at radius 3 is 2.85 bits per heavy atom. The number of likely N-dealkylation sites (N-methyl/N-ethyl adjacent to an activating group) is 1. The van der Waals surface area contributed by atoms with Crippen molar-refractivity contribution in [3.05, 3.63) is 40.3 Å². The third-order valence-electron chi connectivity index (χ3n) is 4.41. The average molecular weight is 443 g/mol. The third kappa shape index (κ3) is 3.23. The van der Waals surface area contributed by atoms with E-state index in [1.54, 1.807) is 12.0 Å². The van der Waals surface area contributed by atoms with Gasteiger partial charge in [-0.2, -0.15) is 0 Å². The fourth-order valence-electron chi connectivity index (χ4n) is 3.14. The second-order valence-electron chi connectivity index (χ2n) is 5.90. The highest BCUT2D eigenvalue weighted by Crippen LogP contribution is 2.29. The van der Waals surface area contributed by atoms with Crippen molar-refractivity contribution < 1.29 is 9.53 Å². The van der Waals surface area contributed by atoms with Crippen LogP contribution in [-0.4, -0.2) is 58.8 Å². The first-order valence-electron chi connectivity index (χ1n) is 8.28. The summed E-state index contributed by atoms with van der Waals surface area (Å²) in [5.41, 5.74) is 8.22. The minimum Gasteiger partial charge on any atom is -0.495 e. The van der Waals surface area contributed by atoms with E-state index in [4.69, 9.17) is 22.1 Å². The van der Waals surface area contributed by atoms with Crippen LogP contribution < -0.4 is 10.5 Å². The summed E-state index contributed by atoms with van der Waals surface area (Å²) in [6.07, 6.45) is 0. The summed E-state index contributed by atoms with van der Waals surface area (Å²) in [5, 5.41) is 0.528. The monoisotopic (exact) mass is 441 g/mol. The second kappa shape index (κ2) is 7.75. The van der Waals surface area contributed by atoms with Crippen molar-refractivity contribution in [3.63, 3.8) is 0 Å². The van der Waals surface area contributed by atoms with E-state index in [1.165, 1.54) is 0 Å². The molecule has 1 aromatic rings. The van der Waals surface area contributed by atoms with Gasteiger partial charge >= 0.3 is 0 Å². The molecule has 0 saturated carbocycles. The fourth-order valence-corrected chi connectivity index (χ4v) is 3.85. The molecular formula is C17H21BrClN5O2. The van der Waals surface area contributed by atoms with Crippen molar-refractivity contribution in [1.29, 1.82) is 0 Å². The zero-order chi connectivity index (χ0) is 18.8. The van der Waals surface area contributed by atoms with E-state index in [0.717, 1.165) is 5.56 Å². The predicted octanol–water partition coefficient (Wildman–Crippen LogP) is 2.16. The number of amides is 1. The Kier molecular flexibility index (Phi) is 5.62. The molecule has 2 N–H and O–H groups in total. The van der Waals surface area contributed by atoms with Gasteiger partial charge in [0.15, 0.2) is 0 Å². The zero-order valence-electron chi connectivity index (χ0n) is 14.7. The van der Waals surface area contributed by atoms with Gasteiger partial charge in [0.1, 0.15) is 17.3 Å². The van der Waals surface area contributed by atoms with Gasteiger partial charge in [0.25, 0.3) is 5.91 Å². The van der Waals surface area contributed by atoms with Gasteiger partial charge in [0.2, 0.25) is 5.96 Å². The average Bonchev–Trinajstić information content (AvgIpc) is 3.11. The van der Waals surface area contributed by atoms with Crippen LogP contribution >= 0.6 is 27.5 Å². The minimum absolute atomic E-state index is 0.138. The molecule has 0 atom stereocenters. The van der Waals surface area contributed by atoms with Crippen LogP contribution in [0.3, 0.4) is 0 Å². The molecule has 2 aliphatic rings. The first-order chi connectivity index (χ1) is 12.5. The highest BCUT2D eigenvalue weighted by molar-refractivity contribution is 9.09. The zero-order valence-corrected chi connectivity index (χ0v) is 17.0. The molecule has 26 heavy (non-hydrogen) atoms. The SMILES string of the molecule is CCN1C(=O)C(N(CBr)Cc2ccc(OC)c(Cl)c2)=C(N)N2CCN=C12. The number of nitrogens with zero attached hydrogens (tertiary/aromatic N) is 4. The number of carbonyl (C=O) groups excluding carboxylic acids is 1. The molecule has 0 radical (unpaired) electrons. The van der Waals surface area contributed by atoms with E-state index in [2.05, 4.69) is 20.9 Å². The van der Waals surface area contributed by atoms with Crippen LogP contribution in [-0.2, 0) is 11.3 Å². The number of guanidine groups is 1. The van der Waals surface area contributed by atoms with Gasteiger partial charge in [-0.25, -0.2) is 0 Å². The number of nitrogens with two attached hydrogens (primary N) is 1. The Morgan fingerprint density at radius 2 is 2.23 bits per heavy atom. The molecule has 140 valence electrons. The summed E-state index contributed by atoms with van der Waals surface area (Å²) in [5.74, 6) is 1.56. The van der Waals surface area contributed by atoms with Crippen LogP contribution in [0, 0.1) is 0 Å². The van der Waals surface area contributed by atoms with Crippen LogP contribution in [0.25, 0.3) is 0 Å². The van der Waals surface area contributed by atoms with Gasteiger partial charge in [-0.15, -0.1) is 0 Å². The van der Waals surface area contributed by atoms with Crippen molar-refractivity contribution in [3.8, 4) is 5.75 Å². The van der Waals surface area contributed by atoms with E-state index >= 15 is 0 Å². The Bertz CT molecular complexity index is 782. The lowest BCUT2D eigenvalue weighted by atomic mass is 10.1. The van der Waals surface area contributed by atoms with Gasteiger partial charge in [0, 0.05) is 19.6 Å². The number of hydrogen-bond acceptors (Lipinski definition) is 6. The number of aliphatic imine (C=N–C) groups is 1. The van der Waals surface area contributed by atoms with Crippen molar-refractivity contribution >= 4 is 39.4 Å². The maximum Gasteiger partial charge on any atom is 0.280 e. The molecule has 7 nitrogen and oxygen atoms in total. The van der Waals surface area contributed by atoms with Crippen LogP contribution in [0.1, 0.15) is 12.5 Å². The molecule has 9 heteroatoms. The highest BCUT2D eigenvalue weighted by atomic mass is 79.9. The van der Waals surface area contributed by atoms with E-state index in [-0.39, 0.29) is 5.91 Å². The molecule has 0 spiro atoms. The fraction of sp³-hybridized carbons (Fsp3) is 0.412. The molecule has 0 fully saturated rings. The molecular weight excluding hydrogens is 422 g/mol. The molecule has 3 rings (SSSR count). The maximum atomic E-state index is 13.0. The Labute approximate surface area is 166 Å². The number of fused-ring (bicyclic) bond motifs is 1. The molecule has 0 bridgehead atoms. The smallest absolute Gasteiger partial charge is 0.280 e. The van der Waals surface area contributed by atoms with Crippen molar-refractivity contribution in [1.82, 2.24) is 14.7 Å². The molecule has 0 aliphatic carbocycles. The number of carbonyl (C=O) groups is 1. The van der Waals surface area contributed by atoms with E-state index < -0.39 is 0 Å². The Balaban J connectivity index is 1.93. The minimum atomic E-state index is -0.138. The van der Waals surface area contributed by atoms with Gasteiger partial charge in [-0.05, 0) is 24.6 Å². The predicted molar refractivity (Wildman–Crippen MR) is 105 cm³/mol. The van der Waals surface area contributed by atoms with E-state index in [1.807, 2.05) is 34.9 Å². The largest absolute Gasteiger partial charge is 0.495 e. The van der Waals surface area contributed by atoms with Gasteiger partial charge in [-0.3, -0.25) is 19.6 Å². The molecule has 1 aromatic carbocycles. The number of alkyl halides is 1. The number of methoxy groups -OCH3 is 1. The van der Waals surface area contributed by atoms with Crippen LogP contribution in [0.15, 0.2) is 34.7 Å². The standard InChI is InChI=1S/C17H21BrClN5O2/c1-3-23-16(25)14(15(20)24-7-6-21-17(23)24)22(10-18)9-11-4-5-13(26-2)12(19)8-11/h4-5,8H,3,6-7,9-10,20H2,1-2H3. The van der Waals surface area contributed by atoms with Crippen LogP contribution in [0.4, 0.5) is 0 Å². The molecule has 0 aromatic heterocycles. The molecule has 2 aliphatic heterocycles. The van der Waals surface area contributed by atoms with Gasteiger partial charge < -0.3 is 15.4 Å². The van der Waals surface area contributed by atoms with Crippen molar-refractivity contribution in [2.45, 2.75) is 13.5 Å². The molecule has 0 saturated heterocycles. The summed E-state index contributed by atoms with van der Waals surface area (Å²) in [4.78, 5) is 22.9. The topological polar surface area (TPSA) is 74.4 Å². The van der Waals surface area contributed by atoms with Crippen LogP contribution in [0.5, 0.6) is 5.75 Å².